The molecule has 0 radical (unpaired) electrons. The molecule has 0 amide bonds. The van der Waals surface area contributed by atoms with Crippen molar-refractivity contribution < 1.29 is 13.2 Å². The predicted octanol–water partition coefficient (Wildman–Crippen LogP) is 3.59. The van der Waals surface area contributed by atoms with Gasteiger partial charge in [-0.25, -0.2) is 13.1 Å². The summed E-state index contributed by atoms with van der Waals surface area (Å²) >= 11 is 9.27. The van der Waals surface area contributed by atoms with E-state index in [2.05, 4.69) is 20.7 Å². The summed E-state index contributed by atoms with van der Waals surface area (Å²) in [6, 6.07) is 11.7. The average molecular weight is 391 g/mol. The number of ether oxygens (including phenoxy) is 1. The Morgan fingerprint density at radius 3 is 2.62 bits per heavy atom. The lowest BCUT2D eigenvalue weighted by Crippen LogP contribution is -2.23. The minimum Gasteiger partial charge on any atom is -0.496 e. The SMILES string of the molecule is COc1ccc(Br)cc1CNS(=O)(=O)c1ccccc1Cl. The maximum Gasteiger partial charge on any atom is 0.242 e. The molecule has 4 nitrogen and oxygen atoms in total. The van der Waals surface area contributed by atoms with Gasteiger partial charge in [-0.1, -0.05) is 39.7 Å². The zero-order valence-electron chi connectivity index (χ0n) is 11.1. The van der Waals surface area contributed by atoms with E-state index < -0.39 is 10.0 Å². The number of hydrogen-bond donors (Lipinski definition) is 1. The summed E-state index contributed by atoms with van der Waals surface area (Å²) in [5, 5.41) is 0.186. The van der Waals surface area contributed by atoms with Gasteiger partial charge in [0.15, 0.2) is 0 Å². The Labute approximate surface area is 137 Å². The van der Waals surface area contributed by atoms with Crippen molar-refractivity contribution in [2.45, 2.75) is 11.4 Å². The highest BCUT2D eigenvalue weighted by Gasteiger charge is 2.17. The Hall–Kier alpha value is -1.08. The fraction of sp³-hybridized carbons (Fsp3) is 0.143. The molecule has 0 saturated carbocycles. The maximum absolute atomic E-state index is 12.3. The minimum absolute atomic E-state index is 0.0561. The van der Waals surface area contributed by atoms with Gasteiger partial charge in [0.1, 0.15) is 10.6 Å². The second-order valence-electron chi connectivity index (χ2n) is 4.21. The molecule has 0 spiro atoms. The molecule has 0 unspecified atom stereocenters. The zero-order chi connectivity index (χ0) is 15.5. The minimum atomic E-state index is -3.68. The van der Waals surface area contributed by atoms with Crippen LogP contribution in [-0.2, 0) is 16.6 Å². The normalized spacial score (nSPS) is 11.4. The van der Waals surface area contributed by atoms with E-state index >= 15 is 0 Å². The van der Waals surface area contributed by atoms with E-state index in [0.29, 0.717) is 5.75 Å². The number of benzene rings is 2. The number of methoxy groups -OCH3 is 1. The van der Waals surface area contributed by atoms with Crippen molar-refractivity contribution in [3.8, 4) is 5.75 Å². The summed E-state index contributed by atoms with van der Waals surface area (Å²) < 4.78 is 33.1. The van der Waals surface area contributed by atoms with Gasteiger partial charge in [0.2, 0.25) is 10.0 Å². The number of nitrogens with one attached hydrogen (secondary N) is 1. The second-order valence-corrected chi connectivity index (χ2v) is 7.27. The topological polar surface area (TPSA) is 55.4 Å². The van der Waals surface area contributed by atoms with Crippen LogP contribution in [0.4, 0.5) is 0 Å². The van der Waals surface area contributed by atoms with Crippen LogP contribution in [0.25, 0.3) is 0 Å². The third-order valence-electron chi connectivity index (χ3n) is 2.82. The second kappa shape index (κ2) is 6.79. The molecule has 21 heavy (non-hydrogen) atoms. The maximum atomic E-state index is 12.3. The van der Waals surface area contributed by atoms with E-state index in [-0.39, 0.29) is 16.5 Å². The largest absolute Gasteiger partial charge is 0.496 e. The molecule has 2 rings (SSSR count). The average Bonchev–Trinajstić information content (AvgIpc) is 2.45. The molecule has 0 aromatic heterocycles. The highest BCUT2D eigenvalue weighted by molar-refractivity contribution is 9.10. The number of sulfonamides is 1. The summed E-state index contributed by atoms with van der Waals surface area (Å²) in [6.45, 7) is 0.107. The van der Waals surface area contributed by atoms with Crippen LogP contribution in [0.1, 0.15) is 5.56 Å². The lowest BCUT2D eigenvalue weighted by atomic mass is 10.2. The van der Waals surface area contributed by atoms with Crippen LogP contribution in [-0.4, -0.2) is 15.5 Å². The van der Waals surface area contributed by atoms with Crippen molar-refractivity contribution in [2.75, 3.05) is 7.11 Å². The van der Waals surface area contributed by atoms with Crippen LogP contribution >= 0.6 is 27.5 Å². The standard InChI is InChI=1S/C14H13BrClNO3S/c1-20-13-7-6-11(15)8-10(13)9-17-21(18,19)14-5-3-2-4-12(14)16/h2-8,17H,9H2,1H3. The van der Waals surface area contributed by atoms with Gasteiger partial charge in [-0.2, -0.15) is 0 Å². The summed E-state index contributed by atoms with van der Waals surface area (Å²) in [4.78, 5) is 0.0561. The molecule has 0 fully saturated rings. The van der Waals surface area contributed by atoms with E-state index in [1.807, 2.05) is 6.07 Å². The van der Waals surface area contributed by atoms with Gasteiger partial charge in [0, 0.05) is 16.6 Å². The third kappa shape index (κ3) is 3.97. The predicted molar refractivity (Wildman–Crippen MR) is 86.2 cm³/mol. The molecule has 0 aliphatic heterocycles. The van der Waals surface area contributed by atoms with E-state index in [9.17, 15) is 8.42 Å². The molecule has 7 heteroatoms. The van der Waals surface area contributed by atoms with E-state index in [1.165, 1.54) is 19.2 Å². The van der Waals surface area contributed by atoms with Crippen molar-refractivity contribution in [3.05, 3.63) is 57.5 Å². The Morgan fingerprint density at radius 2 is 1.95 bits per heavy atom. The lowest BCUT2D eigenvalue weighted by Gasteiger charge is -2.11. The summed E-state index contributed by atoms with van der Waals surface area (Å²) in [5.41, 5.74) is 0.725. The molecule has 2 aromatic rings. The van der Waals surface area contributed by atoms with Crippen LogP contribution in [0.5, 0.6) is 5.75 Å². The molecule has 0 bridgehead atoms. The zero-order valence-corrected chi connectivity index (χ0v) is 14.3. The van der Waals surface area contributed by atoms with Crippen molar-refractivity contribution in [3.63, 3.8) is 0 Å². The molecule has 112 valence electrons. The van der Waals surface area contributed by atoms with Gasteiger partial charge in [-0.3, -0.25) is 0 Å². The molecular weight excluding hydrogens is 378 g/mol. The van der Waals surface area contributed by atoms with Gasteiger partial charge >= 0.3 is 0 Å². The molecule has 0 saturated heterocycles. The summed E-state index contributed by atoms with van der Waals surface area (Å²) in [5.74, 6) is 0.611. The fourth-order valence-electron chi connectivity index (χ4n) is 1.80. The first-order valence-corrected chi connectivity index (χ1v) is 8.66. The van der Waals surface area contributed by atoms with Gasteiger partial charge in [-0.05, 0) is 30.3 Å². The fourth-order valence-corrected chi connectivity index (χ4v) is 3.73. The van der Waals surface area contributed by atoms with Crippen LogP contribution in [0, 0.1) is 0 Å². The molecule has 0 heterocycles. The molecule has 1 N–H and O–H groups in total. The molecule has 0 atom stereocenters. The quantitative estimate of drug-likeness (QED) is 0.849. The smallest absolute Gasteiger partial charge is 0.242 e. The van der Waals surface area contributed by atoms with Crippen molar-refractivity contribution >= 4 is 37.6 Å². The number of rotatable bonds is 5. The molecule has 2 aromatic carbocycles. The Bertz CT molecular complexity index is 750. The van der Waals surface area contributed by atoms with Crippen LogP contribution in [0.15, 0.2) is 51.8 Å². The first-order valence-electron chi connectivity index (χ1n) is 6.00. The van der Waals surface area contributed by atoms with Gasteiger partial charge in [0.05, 0.1) is 12.1 Å². The number of hydrogen-bond acceptors (Lipinski definition) is 3. The number of halogens is 2. The van der Waals surface area contributed by atoms with Crippen molar-refractivity contribution in [2.24, 2.45) is 0 Å². The summed E-state index contributed by atoms with van der Waals surface area (Å²) in [6.07, 6.45) is 0. The Balaban J connectivity index is 2.24. The first kappa shape index (κ1) is 16.3. The molecule has 0 aliphatic rings. The van der Waals surface area contributed by atoms with Gasteiger partial charge in [0.25, 0.3) is 0 Å². The van der Waals surface area contributed by atoms with Crippen LogP contribution in [0.2, 0.25) is 5.02 Å². The molecular formula is C14H13BrClNO3S. The van der Waals surface area contributed by atoms with E-state index in [4.69, 9.17) is 16.3 Å². The van der Waals surface area contributed by atoms with Crippen LogP contribution in [0.3, 0.4) is 0 Å². The van der Waals surface area contributed by atoms with Gasteiger partial charge < -0.3 is 4.74 Å². The highest BCUT2D eigenvalue weighted by atomic mass is 79.9. The monoisotopic (exact) mass is 389 g/mol. The third-order valence-corrected chi connectivity index (χ3v) is 5.22. The van der Waals surface area contributed by atoms with E-state index in [1.54, 1.807) is 24.3 Å². The van der Waals surface area contributed by atoms with Gasteiger partial charge in [-0.15, -0.1) is 0 Å². The molecule has 0 aliphatic carbocycles. The van der Waals surface area contributed by atoms with E-state index in [0.717, 1.165) is 10.0 Å². The Kier molecular flexibility index (Phi) is 5.27. The highest BCUT2D eigenvalue weighted by Crippen LogP contribution is 2.24. The van der Waals surface area contributed by atoms with Crippen LogP contribution < -0.4 is 9.46 Å². The Morgan fingerprint density at radius 1 is 1.24 bits per heavy atom. The van der Waals surface area contributed by atoms with Crippen molar-refractivity contribution in [1.29, 1.82) is 0 Å². The first-order chi connectivity index (χ1) is 9.94. The summed E-state index contributed by atoms with van der Waals surface area (Å²) in [7, 11) is -2.14. The van der Waals surface area contributed by atoms with Crippen molar-refractivity contribution in [1.82, 2.24) is 4.72 Å². The lowest BCUT2D eigenvalue weighted by molar-refractivity contribution is 0.409.